The van der Waals surface area contributed by atoms with Crippen molar-refractivity contribution in [2.45, 2.75) is 24.6 Å². The zero-order valence-electron chi connectivity index (χ0n) is 12.2. The SMILES string of the molecule is CC1CN(C(=O)[C@H](N)Cc2c[nH]c3ccccc23)CCS1. The maximum Gasteiger partial charge on any atom is 0.239 e. The first-order valence-corrected chi connectivity index (χ1v) is 8.41. The predicted molar refractivity (Wildman–Crippen MR) is 88.5 cm³/mol. The van der Waals surface area contributed by atoms with Crippen LogP contribution in [0, 0.1) is 0 Å². The molecule has 5 heteroatoms. The van der Waals surface area contributed by atoms with Crippen LogP contribution in [0.1, 0.15) is 12.5 Å². The smallest absolute Gasteiger partial charge is 0.239 e. The lowest BCUT2D eigenvalue weighted by atomic mass is 10.0. The Morgan fingerprint density at radius 3 is 3.14 bits per heavy atom. The van der Waals surface area contributed by atoms with Crippen LogP contribution >= 0.6 is 11.8 Å². The van der Waals surface area contributed by atoms with Gasteiger partial charge in [-0.3, -0.25) is 4.79 Å². The van der Waals surface area contributed by atoms with E-state index in [9.17, 15) is 4.79 Å². The molecule has 112 valence electrons. The van der Waals surface area contributed by atoms with Crippen molar-refractivity contribution in [3.8, 4) is 0 Å². The molecular formula is C16H21N3OS. The monoisotopic (exact) mass is 303 g/mol. The molecule has 0 aliphatic carbocycles. The summed E-state index contributed by atoms with van der Waals surface area (Å²) in [6, 6.07) is 7.66. The van der Waals surface area contributed by atoms with Crippen LogP contribution in [0.2, 0.25) is 0 Å². The van der Waals surface area contributed by atoms with Crippen LogP contribution in [0.3, 0.4) is 0 Å². The number of benzene rings is 1. The molecule has 1 fully saturated rings. The second-order valence-corrected chi connectivity index (χ2v) is 7.18. The van der Waals surface area contributed by atoms with E-state index in [1.807, 2.05) is 41.1 Å². The number of nitrogens with two attached hydrogens (primary N) is 1. The van der Waals surface area contributed by atoms with E-state index >= 15 is 0 Å². The zero-order valence-corrected chi connectivity index (χ0v) is 13.0. The summed E-state index contributed by atoms with van der Waals surface area (Å²) in [7, 11) is 0. The van der Waals surface area contributed by atoms with Crippen LogP contribution in [0.4, 0.5) is 0 Å². The Hall–Kier alpha value is -1.46. The molecule has 0 spiro atoms. The summed E-state index contributed by atoms with van der Waals surface area (Å²) in [6.45, 7) is 3.79. The summed E-state index contributed by atoms with van der Waals surface area (Å²) in [6.07, 6.45) is 2.55. The fraction of sp³-hybridized carbons (Fsp3) is 0.438. The van der Waals surface area contributed by atoms with E-state index in [2.05, 4.69) is 18.0 Å². The molecule has 21 heavy (non-hydrogen) atoms. The van der Waals surface area contributed by atoms with Crippen LogP contribution in [0.25, 0.3) is 10.9 Å². The van der Waals surface area contributed by atoms with Crippen LogP contribution in [-0.2, 0) is 11.2 Å². The highest BCUT2D eigenvalue weighted by molar-refractivity contribution is 7.99. The molecule has 1 aromatic heterocycles. The van der Waals surface area contributed by atoms with Crippen LogP contribution in [0.15, 0.2) is 30.5 Å². The number of hydrogen-bond acceptors (Lipinski definition) is 3. The van der Waals surface area contributed by atoms with E-state index in [1.54, 1.807) is 0 Å². The van der Waals surface area contributed by atoms with Gasteiger partial charge in [0, 0.05) is 41.2 Å². The summed E-state index contributed by atoms with van der Waals surface area (Å²) in [5.74, 6) is 1.08. The number of H-pyrrole nitrogens is 1. The quantitative estimate of drug-likeness (QED) is 0.911. The Morgan fingerprint density at radius 2 is 2.33 bits per heavy atom. The second kappa shape index (κ2) is 6.12. The zero-order chi connectivity index (χ0) is 14.8. The molecule has 0 radical (unpaired) electrons. The van der Waals surface area contributed by atoms with Crippen molar-refractivity contribution in [3.05, 3.63) is 36.0 Å². The number of nitrogens with zero attached hydrogens (tertiary/aromatic N) is 1. The lowest BCUT2D eigenvalue weighted by Gasteiger charge is -2.32. The third-order valence-electron chi connectivity index (χ3n) is 3.98. The first-order chi connectivity index (χ1) is 10.1. The molecule has 1 amide bonds. The standard InChI is InChI=1S/C16H21N3OS/c1-11-10-19(6-7-21-11)16(20)14(17)8-12-9-18-15-5-3-2-4-13(12)15/h2-5,9,11,14,18H,6-8,10,17H2,1H3/t11?,14-/m1/s1. The third-order valence-corrected chi connectivity index (χ3v) is 5.12. The molecule has 3 rings (SSSR count). The maximum atomic E-state index is 12.5. The van der Waals surface area contributed by atoms with Gasteiger partial charge in [0.2, 0.25) is 5.91 Å². The number of amides is 1. The average Bonchev–Trinajstić information content (AvgIpc) is 2.90. The van der Waals surface area contributed by atoms with Crippen molar-refractivity contribution < 1.29 is 4.79 Å². The van der Waals surface area contributed by atoms with Crippen molar-refractivity contribution in [1.29, 1.82) is 0 Å². The number of hydrogen-bond donors (Lipinski definition) is 2. The molecule has 1 aliphatic rings. The molecule has 0 saturated carbocycles. The number of para-hydroxylation sites is 1. The highest BCUT2D eigenvalue weighted by atomic mass is 32.2. The summed E-state index contributed by atoms with van der Waals surface area (Å²) in [5.41, 5.74) is 8.37. The minimum atomic E-state index is -0.459. The van der Waals surface area contributed by atoms with Gasteiger partial charge in [-0.15, -0.1) is 0 Å². The minimum Gasteiger partial charge on any atom is -0.361 e. The number of carbonyl (C=O) groups excluding carboxylic acids is 1. The van der Waals surface area contributed by atoms with Crippen LogP contribution < -0.4 is 5.73 Å². The van der Waals surface area contributed by atoms with Crippen molar-refractivity contribution in [3.63, 3.8) is 0 Å². The van der Waals surface area contributed by atoms with Gasteiger partial charge in [-0.1, -0.05) is 25.1 Å². The van der Waals surface area contributed by atoms with Crippen LogP contribution in [-0.4, -0.2) is 45.9 Å². The number of fused-ring (bicyclic) bond motifs is 1. The fourth-order valence-electron chi connectivity index (χ4n) is 2.88. The maximum absolute atomic E-state index is 12.5. The molecule has 1 aromatic carbocycles. The van der Waals surface area contributed by atoms with Gasteiger partial charge >= 0.3 is 0 Å². The molecule has 0 bridgehead atoms. The summed E-state index contributed by atoms with van der Waals surface area (Å²) < 4.78 is 0. The number of aromatic amines is 1. The van der Waals surface area contributed by atoms with E-state index in [0.717, 1.165) is 35.3 Å². The third kappa shape index (κ3) is 3.09. The lowest BCUT2D eigenvalue weighted by molar-refractivity contribution is -0.132. The largest absolute Gasteiger partial charge is 0.361 e. The van der Waals surface area contributed by atoms with E-state index in [4.69, 9.17) is 5.73 Å². The van der Waals surface area contributed by atoms with Crippen molar-refractivity contribution in [2.75, 3.05) is 18.8 Å². The highest BCUT2D eigenvalue weighted by Gasteiger charge is 2.26. The number of nitrogens with one attached hydrogen (secondary N) is 1. The van der Waals surface area contributed by atoms with Crippen molar-refractivity contribution >= 4 is 28.6 Å². The molecule has 1 saturated heterocycles. The average molecular weight is 303 g/mol. The minimum absolute atomic E-state index is 0.0763. The van der Waals surface area contributed by atoms with E-state index in [0.29, 0.717) is 11.7 Å². The fourth-order valence-corrected chi connectivity index (χ4v) is 3.89. The summed E-state index contributed by atoms with van der Waals surface area (Å²) in [5, 5.41) is 1.66. The number of rotatable bonds is 3. The van der Waals surface area contributed by atoms with Crippen molar-refractivity contribution in [2.24, 2.45) is 5.73 Å². The number of thioether (sulfide) groups is 1. The predicted octanol–water partition coefficient (Wildman–Crippen LogP) is 2.00. The molecule has 1 aliphatic heterocycles. The lowest BCUT2D eigenvalue weighted by Crippen LogP contribution is -2.49. The summed E-state index contributed by atoms with van der Waals surface area (Å²) in [4.78, 5) is 17.6. The normalized spacial score (nSPS) is 20.7. The van der Waals surface area contributed by atoms with E-state index < -0.39 is 6.04 Å². The van der Waals surface area contributed by atoms with Gasteiger partial charge in [-0.2, -0.15) is 11.8 Å². The number of aromatic nitrogens is 1. The Bertz CT molecular complexity index is 639. The topological polar surface area (TPSA) is 62.1 Å². The Morgan fingerprint density at radius 1 is 1.52 bits per heavy atom. The summed E-state index contributed by atoms with van der Waals surface area (Å²) >= 11 is 1.92. The molecule has 4 nitrogen and oxygen atoms in total. The van der Waals surface area contributed by atoms with Gasteiger partial charge in [-0.25, -0.2) is 0 Å². The van der Waals surface area contributed by atoms with Crippen LogP contribution in [0.5, 0.6) is 0 Å². The van der Waals surface area contributed by atoms with Gasteiger partial charge in [0.25, 0.3) is 0 Å². The van der Waals surface area contributed by atoms with Gasteiger partial charge in [-0.05, 0) is 18.1 Å². The molecular weight excluding hydrogens is 282 g/mol. The molecule has 3 N–H and O–H groups in total. The van der Waals surface area contributed by atoms with Gasteiger partial charge < -0.3 is 15.6 Å². The Kier molecular flexibility index (Phi) is 4.22. The van der Waals surface area contributed by atoms with Gasteiger partial charge in [0.1, 0.15) is 0 Å². The van der Waals surface area contributed by atoms with Gasteiger partial charge in [0.05, 0.1) is 6.04 Å². The molecule has 2 atom stereocenters. The first kappa shape index (κ1) is 14.5. The second-order valence-electron chi connectivity index (χ2n) is 5.64. The molecule has 2 aromatic rings. The number of carbonyl (C=O) groups is 1. The Balaban J connectivity index is 1.70. The Labute approximate surface area is 129 Å². The first-order valence-electron chi connectivity index (χ1n) is 7.36. The molecule has 2 heterocycles. The van der Waals surface area contributed by atoms with Crippen molar-refractivity contribution in [1.82, 2.24) is 9.88 Å². The molecule has 1 unspecified atom stereocenters. The van der Waals surface area contributed by atoms with E-state index in [-0.39, 0.29) is 5.91 Å². The van der Waals surface area contributed by atoms with E-state index in [1.165, 1.54) is 0 Å². The van der Waals surface area contributed by atoms with Gasteiger partial charge in [0.15, 0.2) is 0 Å². The highest BCUT2D eigenvalue weighted by Crippen LogP contribution is 2.21.